The third-order valence-corrected chi connectivity index (χ3v) is 22.4. The first-order valence-electron chi connectivity index (χ1n) is 34.1. The minimum absolute atomic E-state index is 0.0144. The molecule has 0 aliphatic heterocycles. The van der Waals surface area contributed by atoms with E-state index in [1.54, 1.807) is 45.0 Å². The highest BCUT2D eigenvalue weighted by molar-refractivity contribution is 7.82. The van der Waals surface area contributed by atoms with E-state index < -0.39 is 61.8 Å². The maximum absolute atomic E-state index is 14.4. The molecule has 0 heterocycles. The number of benzene rings is 2. The molecule has 7 atom stereocenters. The quantitative estimate of drug-likeness (QED) is 0.0122. The van der Waals surface area contributed by atoms with Crippen molar-refractivity contribution in [3.05, 3.63) is 71.1 Å². The van der Waals surface area contributed by atoms with Gasteiger partial charge in [-0.25, -0.2) is 6.57 Å². The predicted molar refractivity (Wildman–Crippen MR) is 354 cm³/mol. The Balaban J connectivity index is 0.706. The van der Waals surface area contributed by atoms with Gasteiger partial charge in [0, 0.05) is 40.0 Å². The van der Waals surface area contributed by atoms with E-state index in [4.69, 9.17) is 79.2 Å². The van der Waals surface area contributed by atoms with Crippen molar-refractivity contribution in [1.29, 1.82) is 5.26 Å². The van der Waals surface area contributed by atoms with Crippen molar-refractivity contribution in [1.82, 2.24) is 0 Å². The molecule has 512 valence electrons. The van der Waals surface area contributed by atoms with Gasteiger partial charge in [0.25, 0.3) is 0 Å². The topological polar surface area (TPSA) is 223 Å². The lowest BCUT2D eigenvalue weighted by Crippen LogP contribution is -2.60. The Morgan fingerprint density at radius 2 is 0.946 bits per heavy atom. The molecule has 0 aromatic heterocycles. The van der Waals surface area contributed by atoms with Crippen LogP contribution in [0.2, 0.25) is 0 Å². The summed E-state index contributed by atoms with van der Waals surface area (Å²) in [6.07, 6.45) is 13.8. The van der Waals surface area contributed by atoms with E-state index in [1.807, 2.05) is 38.1 Å². The highest BCUT2D eigenvalue weighted by atomic mass is 32.1. The van der Waals surface area contributed by atoms with E-state index >= 15 is 0 Å². The fraction of sp³-hybridized carbons (Fsp3) is 0.726. The van der Waals surface area contributed by atoms with Crippen LogP contribution in [0.5, 0.6) is 11.5 Å². The van der Waals surface area contributed by atoms with Crippen LogP contribution >= 0.6 is 25.3 Å². The highest BCUT2D eigenvalue weighted by Gasteiger charge is 2.61. The molecular formula is C73H102N2O16S2. The Morgan fingerprint density at radius 3 is 1.33 bits per heavy atom. The van der Waals surface area contributed by atoms with E-state index in [0.29, 0.717) is 59.8 Å². The van der Waals surface area contributed by atoms with Gasteiger partial charge in [0.1, 0.15) is 52.2 Å². The van der Waals surface area contributed by atoms with Crippen LogP contribution in [0.25, 0.3) is 4.85 Å². The Morgan fingerprint density at radius 1 is 0.570 bits per heavy atom. The lowest BCUT2D eigenvalue weighted by molar-refractivity contribution is -0.213. The second-order valence-electron chi connectivity index (χ2n) is 29.1. The number of hydrogen-bond acceptors (Lipinski definition) is 19. The molecule has 20 heteroatoms. The summed E-state index contributed by atoms with van der Waals surface area (Å²) in [5, 5.41) is 10.6. The smallest absolute Gasteiger partial charge is 0.322 e. The first-order valence-corrected chi connectivity index (χ1v) is 35.0. The van der Waals surface area contributed by atoms with Crippen LogP contribution in [-0.4, -0.2) is 115 Å². The average molecular weight is 1330 g/mol. The normalized spacial score (nSPS) is 28.3. The van der Waals surface area contributed by atoms with E-state index in [1.165, 1.54) is 26.7 Å². The number of rotatable bonds is 37. The molecule has 18 nitrogen and oxygen atoms in total. The Bertz CT molecular complexity index is 2920. The zero-order valence-corrected chi connectivity index (χ0v) is 58.2. The minimum atomic E-state index is -1.20. The number of nitrogens with zero attached hydrogens (tertiary/aromatic N) is 2. The van der Waals surface area contributed by atoms with Crippen molar-refractivity contribution >= 4 is 61.1 Å². The monoisotopic (exact) mass is 1330 g/mol. The van der Waals surface area contributed by atoms with Gasteiger partial charge in [0.05, 0.1) is 44.3 Å². The molecular weight excluding hydrogens is 1220 g/mol. The molecule has 8 bridgehead atoms. The second-order valence-corrected chi connectivity index (χ2v) is 31.0. The fourth-order valence-corrected chi connectivity index (χ4v) is 17.8. The Hall–Kier alpha value is -5.22. The first kappa shape index (κ1) is 73.6. The summed E-state index contributed by atoms with van der Waals surface area (Å²) in [6, 6.07) is 16.6. The molecule has 2 aromatic rings. The van der Waals surface area contributed by atoms with Gasteiger partial charge in [-0.15, -0.1) is 0 Å². The molecule has 93 heavy (non-hydrogen) atoms. The van der Waals surface area contributed by atoms with E-state index in [2.05, 4.69) is 24.8 Å². The van der Waals surface area contributed by atoms with Gasteiger partial charge < -0.3 is 52.2 Å². The Labute approximate surface area is 562 Å². The van der Waals surface area contributed by atoms with Crippen molar-refractivity contribution in [3.8, 4) is 17.6 Å². The van der Waals surface area contributed by atoms with Crippen LogP contribution in [0.4, 0.5) is 0 Å². The van der Waals surface area contributed by atoms with Crippen LogP contribution in [-0.2, 0) is 66.7 Å². The molecule has 10 rings (SSSR count). The van der Waals surface area contributed by atoms with Crippen LogP contribution in [0, 0.1) is 70.7 Å². The number of ether oxygens (including phenoxy) is 10. The van der Waals surface area contributed by atoms with Gasteiger partial charge >= 0.3 is 35.8 Å². The van der Waals surface area contributed by atoms with E-state index in [-0.39, 0.29) is 109 Å². The molecule has 8 aliphatic carbocycles. The summed E-state index contributed by atoms with van der Waals surface area (Å²) in [5.74, 6) is 1.81. The third kappa shape index (κ3) is 19.3. The molecule has 0 radical (unpaired) electrons. The van der Waals surface area contributed by atoms with Gasteiger partial charge in [0.2, 0.25) is 5.54 Å². The maximum atomic E-state index is 14.4. The molecule has 8 saturated carbocycles. The van der Waals surface area contributed by atoms with Gasteiger partial charge in [-0.3, -0.25) is 28.8 Å². The zero-order chi connectivity index (χ0) is 67.4. The van der Waals surface area contributed by atoms with Crippen LogP contribution in [0.15, 0.2) is 48.5 Å². The number of esters is 6. The summed E-state index contributed by atoms with van der Waals surface area (Å²) in [4.78, 5) is 82.2. The number of thiol groups is 2. The number of nitriles is 1. The largest absolute Gasteiger partial charge is 0.463 e. The predicted octanol–water partition coefficient (Wildman–Crippen LogP) is 13.9. The maximum Gasteiger partial charge on any atom is 0.322 e. The Kier molecular flexibility index (Phi) is 25.5. The van der Waals surface area contributed by atoms with Gasteiger partial charge in [-0.2, -0.15) is 30.5 Å². The number of hydrogen-bond donors (Lipinski definition) is 2. The summed E-state index contributed by atoms with van der Waals surface area (Å²) in [7, 11) is 0. The molecule has 0 amide bonds. The van der Waals surface area contributed by atoms with Crippen LogP contribution < -0.4 is 9.47 Å². The highest BCUT2D eigenvalue weighted by Crippen LogP contribution is 2.63. The van der Waals surface area contributed by atoms with Crippen LogP contribution in [0.1, 0.15) is 214 Å². The first-order chi connectivity index (χ1) is 44.1. The average Bonchev–Trinajstić information content (AvgIpc) is 0.736. The molecule has 7 unspecified atom stereocenters. The lowest BCUT2D eigenvalue weighted by Gasteiger charge is -2.60. The van der Waals surface area contributed by atoms with Crippen molar-refractivity contribution in [2.24, 2.45) is 52.8 Å². The summed E-state index contributed by atoms with van der Waals surface area (Å²) in [6.45, 7) is 24.5. The molecule has 2 aromatic carbocycles. The third-order valence-electron chi connectivity index (χ3n) is 21.7. The fourth-order valence-electron chi connectivity index (χ4n) is 17.3. The van der Waals surface area contributed by atoms with Crippen molar-refractivity contribution < 1.29 is 76.1 Å². The SMILES string of the molecule is [C-]#[N+]C(C)(CCC(=O)OCCOCOCCOC(C)OCCOC(=O)CCC(C)(C#N)CC(CC(C)(S)C(=O)OC1(CC)C2CC3CC(C2)CC1C3)c1ccc(OC(C)=O)cc1)CC(CC(C)(S)C(=O)OC1(CC)C2CC3CC(C2)CC1C3)c1ccc(OC(C)=O)cc1. The zero-order valence-electron chi connectivity index (χ0n) is 56.4. The van der Waals surface area contributed by atoms with Crippen LogP contribution in [0.3, 0.4) is 0 Å². The van der Waals surface area contributed by atoms with E-state index in [0.717, 1.165) is 87.2 Å². The van der Waals surface area contributed by atoms with Gasteiger partial charge in [-0.1, -0.05) is 38.1 Å². The minimum Gasteiger partial charge on any atom is -0.463 e. The standard InChI is InChI=1S/C73H102N2O16S2/c1-11-72(58-33-50-31-51(35-58)36-59(72)34-50)90-66(80)70(8,92)43-56(54-13-17-62(18-14-54)88-47(3)76)41-68(6,45-74)23-21-64(78)87-30-29-85-49(5)84-27-25-82-46-83-26-28-86-65(79)22-24-69(7,75-10)42-57(55-15-19-63(20-16-55)89-48(4)77)44-71(9,93)67(81)91-73(12-2)60-37-52-32-53(39-60)40-61(73)38-52/h13-20,49-53,56-61,92-93H,11-12,21-44,46H2,1-9H3. The molecule has 8 aliphatic rings. The summed E-state index contributed by atoms with van der Waals surface area (Å²) in [5.41, 5.74) is -1.31. The molecule has 0 spiro atoms. The number of carbonyl (C=O) groups is 6. The van der Waals surface area contributed by atoms with Gasteiger partial charge in [0.15, 0.2) is 6.29 Å². The summed E-state index contributed by atoms with van der Waals surface area (Å²) < 4.78 is 54.9. The van der Waals surface area contributed by atoms with Crippen molar-refractivity contribution in [2.45, 2.75) is 235 Å². The summed E-state index contributed by atoms with van der Waals surface area (Å²) >= 11 is 10.0. The molecule has 8 fully saturated rings. The second kappa shape index (κ2) is 32.2. The van der Waals surface area contributed by atoms with Crippen molar-refractivity contribution in [2.75, 3.05) is 46.4 Å². The molecule has 0 saturated heterocycles. The van der Waals surface area contributed by atoms with Crippen molar-refractivity contribution in [3.63, 3.8) is 0 Å². The molecule has 0 N–H and O–H groups in total. The van der Waals surface area contributed by atoms with E-state index in [9.17, 15) is 34.0 Å². The number of carbonyl (C=O) groups excluding carboxylic acids is 6. The van der Waals surface area contributed by atoms with Gasteiger partial charge in [-0.05, 0) is 225 Å². The lowest BCUT2D eigenvalue weighted by atomic mass is 9.49.